The molecule has 0 radical (unpaired) electrons. The zero-order valence-corrected chi connectivity index (χ0v) is 22.1. The van der Waals surface area contributed by atoms with E-state index in [1.165, 1.54) is 6.07 Å². The van der Waals surface area contributed by atoms with Crippen LogP contribution >= 0.6 is 11.6 Å². The van der Waals surface area contributed by atoms with Crippen molar-refractivity contribution in [1.82, 2.24) is 15.0 Å². The smallest absolute Gasteiger partial charge is 0.255 e. The maximum absolute atomic E-state index is 12.5. The number of aliphatic hydroxyl groups excluding tert-OH is 1. The molecule has 2 saturated heterocycles. The quantitative estimate of drug-likeness (QED) is 0.246. The molecule has 206 valence electrons. The van der Waals surface area contributed by atoms with Gasteiger partial charge < -0.3 is 42.1 Å². The van der Waals surface area contributed by atoms with Crippen molar-refractivity contribution >= 4 is 46.7 Å². The summed E-state index contributed by atoms with van der Waals surface area (Å²) in [6.07, 6.45) is 1.81. The second kappa shape index (κ2) is 11.6. The molecule has 2 aromatic carbocycles. The molecule has 0 saturated carbocycles. The number of nitrogens with zero attached hydrogens (tertiary/aromatic N) is 5. The highest BCUT2D eigenvalue weighted by atomic mass is 35.5. The van der Waals surface area contributed by atoms with Gasteiger partial charge in [-0.15, -0.1) is 0 Å². The lowest BCUT2D eigenvalue weighted by Gasteiger charge is -2.35. The maximum Gasteiger partial charge on any atom is 0.255 e. The van der Waals surface area contributed by atoms with Crippen LogP contribution in [-0.4, -0.2) is 75.4 Å². The van der Waals surface area contributed by atoms with Gasteiger partial charge in [0.1, 0.15) is 5.75 Å². The predicted octanol–water partition coefficient (Wildman–Crippen LogP) is 2.05. The van der Waals surface area contributed by atoms with E-state index in [0.717, 1.165) is 19.3 Å². The number of nitrogens with two attached hydrogens (primary N) is 2. The highest BCUT2D eigenvalue weighted by molar-refractivity contribution is 6.30. The number of piperidine rings is 2. The highest BCUT2D eigenvalue weighted by Gasteiger charge is 2.27. The number of carbonyl (C=O) groups is 1. The number of hydrogen-bond donors (Lipinski definition) is 6. The number of phenolic OH excluding ortho intramolecular Hbond substituents is 1. The van der Waals surface area contributed by atoms with E-state index >= 15 is 0 Å². The lowest BCUT2D eigenvalue weighted by molar-refractivity contribution is 0.102. The summed E-state index contributed by atoms with van der Waals surface area (Å²) in [5, 5.41) is 27.2. The molecular formula is C26H32ClN9O3. The molecule has 0 spiro atoms. The summed E-state index contributed by atoms with van der Waals surface area (Å²) in [5.41, 5.74) is 13.6. The molecule has 5 rings (SSSR count). The van der Waals surface area contributed by atoms with Gasteiger partial charge in [-0.1, -0.05) is 11.6 Å². The average molecular weight is 554 g/mol. The second-order valence-electron chi connectivity index (χ2n) is 9.98. The number of aromatic hydroxyl groups is 1. The first-order chi connectivity index (χ1) is 18.7. The number of anilines is 5. The van der Waals surface area contributed by atoms with E-state index in [2.05, 4.69) is 25.6 Å². The summed E-state index contributed by atoms with van der Waals surface area (Å²) in [4.78, 5) is 30.3. The van der Waals surface area contributed by atoms with E-state index in [0.29, 0.717) is 54.3 Å². The molecule has 3 heterocycles. The van der Waals surface area contributed by atoms with Crippen LogP contribution in [0.25, 0.3) is 0 Å². The molecule has 13 heteroatoms. The Kier molecular flexibility index (Phi) is 7.98. The van der Waals surface area contributed by atoms with Crippen LogP contribution in [0.2, 0.25) is 5.02 Å². The first-order valence-electron chi connectivity index (χ1n) is 12.9. The number of nitrogens with one attached hydrogen (secondary N) is 2. The summed E-state index contributed by atoms with van der Waals surface area (Å²) < 4.78 is 0. The molecule has 0 bridgehead atoms. The van der Waals surface area contributed by atoms with Crippen LogP contribution in [0.1, 0.15) is 29.6 Å². The van der Waals surface area contributed by atoms with Gasteiger partial charge in [0.05, 0.1) is 11.8 Å². The van der Waals surface area contributed by atoms with Crippen LogP contribution in [0.4, 0.5) is 29.2 Å². The standard InChI is InChI=1S/C26H32ClN9O3/c27-16-5-3-15(4-6-16)23(39)31-21-8-7-19(11-22(21)38)30-24-32-25(35-9-1-2-20(37)14-35)34-26(33-24)36-12-17(28)10-18(29)13-36/h3-8,11,17-18,20,37-38H,1-2,9-10,12-14,28-29H2,(H,31,39)(H,30,32,33,34)/t17-,18+,20-/m1/s1. The third kappa shape index (κ3) is 6.66. The first-order valence-corrected chi connectivity index (χ1v) is 13.2. The summed E-state index contributed by atoms with van der Waals surface area (Å²) in [5.74, 6) is 0.620. The fourth-order valence-electron chi connectivity index (χ4n) is 4.81. The van der Waals surface area contributed by atoms with Crippen molar-refractivity contribution < 1.29 is 15.0 Å². The number of halogens is 1. The summed E-state index contributed by atoms with van der Waals surface area (Å²) in [6.45, 7) is 2.25. The molecule has 8 N–H and O–H groups in total. The minimum atomic E-state index is -0.459. The minimum Gasteiger partial charge on any atom is -0.506 e. The summed E-state index contributed by atoms with van der Waals surface area (Å²) in [6, 6.07) is 11.0. The van der Waals surface area contributed by atoms with Crippen molar-refractivity contribution in [3.8, 4) is 5.75 Å². The van der Waals surface area contributed by atoms with Gasteiger partial charge in [0.25, 0.3) is 5.91 Å². The van der Waals surface area contributed by atoms with Crippen LogP contribution in [0, 0.1) is 0 Å². The topological polar surface area (TPSA) is 179 Å². The highest BCUT2D eigenvalue weighted by Crippen LogP contribution is 2.30. The van der Waals surface area contributed by atoms with Crippen LogP contribution < -0.4 is 31.9 Å². The third-order valence-corrected chi connectivity index (χ3v) is 6.95. The number of phenols is 1. The Hall–Kier alpha value is -3.71. The van der Waals surface area contributed by atoms with Gasteiger partial charge in [-0.05, 0) is 55.7 Å². The zero-order valence-electron chi connectivity index (χ0n) is 21.3. The third-order valence-electron chi connectivity index (χ3n) is 6.70. The zero-order chi connectivity index (χ0) is 27.5. The minimum absolute atomic E-state index is 0.102. The average Bonchev–Trinajstić information content (AvgIpc) is 2.90. The molecule has 3 aromatic rings. The fraction of sp³-hybridized carbons (Fsp3) is 0.385. The molecule has 3 atom stereocenters. The predicted molar refractivity (Wildman–Crippen MR) is 151 cm³/mol. The van der Waals surface area contributed by atoms with E-state index in [-0.39, 0.29) is 35.4 Å². The first kappa shape index (κ1) is 26.9. The van der Waals surface area contributed by atoms with E-state index in [9.17, 15) is 15.0 Å². The number of amides is 1. The van der Waals surface area contributed by atoms with Crippen molar-refractivity contribution in [2.75, 3.05) is 46.6 Å². The molecule has 0 unspecified atom stereocenters. The van der Waals surface area contributed by atoms with Gasteiger partial charge in [0.15, 0.2) is 0 Å². The van der Waals surface area contributed by atoms with Crippen molar-refractivity contribution in [2.24, 2.45) is 11.5 Å². The Morgan fingerprint density at radius 3 is 2.33 bits per heavy atom. The van der Waals surface area contributed by atoms with Gasteiger partial charge in [-0.25, -0.2) is 0 Å². The van der Waals surface area contributed by atoms with Gasteiger partial charge in [0.2, 0.25) is 17.8 Å². The number of benzene rings is 2. The Bertz CT molecular complexity index is 1320. The maximum atomic E-state index is 12.5. The van der Waals surface area contributed by atoms with Gasteiger partial charge in [-0.2, -0.15) is 15.0 Å². The fourth-order valence-corrected chi connectivity index (χ4v) is 4.94. The molecular weight excluding hydrogens is 522 g/mol. The second-order valence-corrected chi connectivity index (χ2v) is 10.4. The van der Waals surface area contributed by atoms with Gasteiger partial charge in [0, 0.05) is 60.6 Å². The van der Waals surface area contributed by atoms with E-state index in [1.807, 2.05) is 9.80 Å². The number of aliphatic hydroxyl groups is 1. The number of β-amino-alcohol motifs (C(OH)–C–C–N with tert-alkyl or cyclic N) is 1. The Balaban J connectivity index is 1.38. The summed E-state index contributed by atoms with van der Waals surface area (Å²) in [7, 11) is 0. The van der Waals surface area contributed by atoms with Crippen LogP contribution in [0.5, 0.6) is 5.75 Å². The van der Waals surface area contributed by atoms with Crippen molar-refractivity contribution in [1.29, 1.82) is 0 Å². The van der Waals surface area contributed by atoms with Gasteiger partial charge in [-0.3, -0.25) is 4.79 Å². The number of aromatic nitrogens is 3. The molecule has 12 nitrogen and oxygen atoms in total. The molecule has 2 aliphatic rings. The number of rotatable bonds is 6. The molecule has 2 aliphatic heterocycles. The summed E-state index contributed by atoms with van der Waals surface area (Å²) >= 11 is 5.89. The molecule has 0 aliphatic carbocycles. The largest absolute Gasteiger partial charge is 0.506 e. The monoisotopic (exact) mass is 553 g/mol. The molecule has 1 aromatic heterocycles. The Morgan fingerprint density at radius 1 is 0.974 bits per heavy atom. The van der Waals surface area contributed by atoms with E-state index in [4.69, 9.17) is 23.1 Å². The van der Waals surface area contributed by atoms with Crippen molar-refractivity contribution in [3.63, 3.8) is 0 Å². The van der Waals surface area contributed by atoms with Crippen molar-refractivity contribution in [3.05, 3.63) is 53.1 Å². The lowest BCUT2D eigenvalue weighted by Crippen LogP contribution is -2.53. The van der Waals surface area contributed by atoms with E-state index < -0.39 is 6.10 Å². The van der Waals surface area contributed by atoms with Crippen LogP contribution in [0.3, 0.4) is 0 Å². The molecule has 2 fully saturated rings. The van der Waals surface area contributed by atoms with Crippen LogP contribution in [0.15, 0.2) is 42.5 Å². The van der Waals surface area contributed by atoms with Gasteiger partial charge >= 0.3 is 0 Å². The normalized spacial score (nSPS) is 21.5. The lowest BCUT2D eigenvalue weighted by atomic mass is 10.0. The van der Waals surface area contributed by atoms with E-state index in [1.54, 1.807) is 36.4 Å². The molecule has 39 heavy (non-hydrogen) atoms. The molecule has 1 amide bonds. The Labute approximate surface area is 231 Å². The number of carbonyl (C=O) groups excluding carboxylic acids is 1. The van der Waals surface area contributed by atoms with Crippen molar-refractivity contribution in [2.45, 2.75) is 37.5 Å². The number of hydrogen-bond acceptors (Lipinski definition) is 11. The van der Waals surface area contributed by atoms with Crippen LogP contribution in [-0.2, 0) is 0 Å². The SMILES string of the molecule is N[C@@H]1C[C@H](N)CN(c2nc(Nc3ccc(NC(=O)c4ccc(Cl)cc4)c(O)c3)nc(N3CCC[C@@H](O)C3)n2)C1. The Morgan fingerprint density at radius 2 is 1.67 bits per heavy atom.